The first kappa shape index (κ1) is 8.32. The Morgan fingerprint density at radius 3 is 2.75 bits per heavy atom. The highest BCUT2D eigenvalue weighted by molar-refractivity contribution is 5.90. The van der Waals surface area contributed by atoms with E-state index in [1.807, 2.05) is 0 Å². The molecule has 1 aromatic rings. The molecule has 5 heteroatoms. The van der Waals surface area contributed by atoms with E-state index in [1.165, 1.54) is 19.4 Å². The summed E-state index contributed by atoms with van der Waals surface area (Å²) in [4.78, 5) is 23.7. The second kappa shape index (κ2) is 3.08. The predicted octanol–water partition coefficient (Wildman–Crippen LogP) is 0.0817. The highest BCUT2D eigenvalue weighted by Crippen LogP contribution is 2.09. The minimum Gasteiger partial charge on any atom is -0.490 e. The number of H-pyrrole nitrogens is 1. The fourth-order valence-corrected chi connectivity index (χ4v) is 0.835. The maximum atomic E-state index is 10.9. The molecule has 0 aliphatic carbocycles. The maximum Gasteiger partial charge on any atom is 0.339 e. The molecule has 0 bridgehead atoms. The molecule has 12 heavy (non-hydrogen) atoms. The molecule has 0 saturated carbocycles. The van der Waals surface area contributed by atoms with Crippen molar-refractivity contribution in [3.05, 3.63) is 28.2 Å². The largest absolute Gasteiger partial charge is 0.490 e. The quantitative estimate of drug-likeness (QED) is 0.657. The van der Waals surface area contributed by atoms with E-state index in [1.54, 1.807) is 0 Å². The van der Waals surface area contributed by atoms with Gasteiger partial charge in [0.2, 0.25) is 0 Å². The van der Waals surface area contributed by atoms with Crippen molar-refractivity contribution in [3.63, 3.8) is 0 Å². The van der Waals surface area contributed by atoms with Crippen LogP contribution in [-0.4, -0.2) is 23.2 Å². The molecule has 0 aliphatic heterocycles. The van der Waals surface area contributed by atoms with Crippen LogP contribution in [0.3, 0.4) is 0 Å². The Labute approximate surface area is 67.6 Å². The van der Waals surface area contributed by atoms with Crippen molar-refractivity contribution in [1.29, 1.82) is 0 Å². The third-order valence-electron chi connectivity index (χ3n) is 1.35. The third-order valence-corrected chi connectivity index (χ3v) is 1.35. The van der Waals surface area contributed by atoms with Gasteiger partial charge in [-0.05, 0) is 6.07 Å². The van der Waals surface area contributed by atoms with Crippen LogP contribution in [0.25, 0.3) is 0 Å². The van der Waals surface area contributed by atoms with E-state index in [-0.39, 0.29) is 11.3 Å². The number of carbonyl (C=O) groups is 1. The molecule has 0 saturated heterocycles. The first-order valence-electron chi connectivity index (χ1n) is 3.15. The Morgan fingerprint density at radius 2 is 2.33 bits per heavy atom. The lowest BCUT2D eigenvalue weighted by Crippen LogP contribution is -2.13. The van der Waals surface area contributed by atoms with Gasteiger partial charge in [-0.25, -0.2) is 4.79 Å². The Hall–Kier alpha value is -1.78. The molecule has 0 atom stereocenters. The van der Waals surface area contributed by atoms with Gasteiger partial charge in [0.1, 0.15) is 5.56 Å². The highest BCUT2D eigenvalue weighted by atomic mass is 16.5. The van der Waals surface area contributed by atoms with Gasteiger partial charge in [-0.15, -0.1) is 0 Å². The average molecular weight is 169 g/mol. The highest BCUT2D eigenvalue weighted by Gasteiger charge is 2.12. The van der Waals surface area contributed by atoms with E-state index in [0.717, 1.165) is 0 Å². The van der Waals surface area contributed by atoms with Gasteiger partial charge in [0.05, 0.1) is 7.11 Å². The van der Waals surface area contributed by atoms with Crippen LogP contribution in [0.15, 0.2) is 17.1 Å². The number of carboxylic acids is 1. The number of nitrogens with one attached hydrogen (secondary N) is 1. The van der Waals surface area contributed by atoms with Crippen LogP contribution in [-0.2, 0) is 0 Å². The lowest BCUT2D eigenvalue weighted by Gasteiger charge is -2.00. The number of rotatable bonds is 2. The van der Waals surface area contributed by atoms with E-state index in [4.69, 9.17) is 5.11 Å². The van der Waals surface area contributed by atoms with Crippen LogP contribution < -0.4 is 10.3 Å². The summed E-state index contributed by atoms with van der Waals surface area (Å²) in [5.74, 6) is -1.36. The number of methoxy groups -OCH3 is 1. The summed E-state index contributed by atoms with van der Waals surface area (Å²) in [5.41, 5.74) is -0.682. The number of ether oxygens (including phenoxy) is 1. The molecule has 1 aromatic heterocycles. The van der Waals surface area contributed by atoms with E-state index in [2.05, 4.69) is 9.72 Å². The topological polar surface area (TPSA) is 79.4 Å². The van der Waals surface area contributed by atoms with Gasteiger partial charge >= 0.3 is 5.97 Å². The predicted molar refractivity (Wildman–Crippen MR) is 40.6 cm³/mol. The molecule has 2 N–H and O–H groups in total. The normalized spacial score (nSPS) is 9.42. The minimum atomic E-state index is -1.18. The zero-order chi connectivity index (χ0) is 9.14. The summed E-state index contributed by atoms with van der Waals surface area (Å²) < 4.78 is 4.61. The first-order chi connectivity index (χ1) is 5.66. The first-order valence-corrected chi connectivity index (χ1v) is 3.15. The van der Waals surface area contributed by atoms with Crippen LogP contribution in [0.5, 0.6) is 5.75 Å². The molecule has 0 radical (unpaired) electrons. The molecule has 1 rings (SSSR count). The van der Waals surface area contributed by atoms with Gasteiger partial charge in [0.25, 0.3) is 5.56 Å². The third kappa shape index (κ3) is 1.29. The zero-order valence-corrected chi connectivity index (χ0v) is 6.33. The summed E-state index contributed by atoms with van der Waals surface area (Å²) in [5, 5.41) is 8.59. The molecule has 64 valence electrons. The summed E-state index contributed by atoms with van der Waals surface area (Å²) in [6, 6.07) is 1.27. The van der Waals surface area contributed by atoms with Gasteiger partial charge < -0.3 is 14.8 Å². The van der Waals surface area contributed by atoms with Crippen molar-refractivity contribution < 1.29 is 14.6 Å². The lowest BCUT2D eigenvalue weighted by molar-refractivity contribution is 0.0693. The Kier molecular flexibility index (Phi) is 2.14. The van der Waals surface area contributed by atoms with Crippen molar-refractivity contribution in [2.24, 2.45) is 0 Å². The van der Waals surface area contributed by atoms with E-state index < -0.39 is 11.5 Å². The van der Waals surface area contributed by atoms with Crippen LogP contribution in [0.4, 0.5) is 0 Å². The molecule has 0 fully saturated rings. The van der Waals surface area contributed by atoms with Crippen LogP contribution in [0.1, 0.15) is 10.4 Å². The zero-order valence-electron chi connectivity index (χ0n) is 6.33. The van der Waals surface area contributed by atoms with E-state index in [0.29, 0.717) is 0 Å². The number of pyridine rings is 1. The number of aromatic amines is 1. The summed E-state index contributed by atoms with van der Waals surface area (Å²) >= 11 is 0. The Morgan fingerprint density at radius 1 is 1.67 bits per heavy atom. The average Bonchev–Trinajstić information content (AvgIpc) is 2.03. The summed E-state index contributed by atoms with van der Waals surface area (Å²) in [6.45, 7) is 0. The SMILES string of the molecule is COc1c(C(=O)O)cc[nH]c1=O. The number of aromatic carboxylic acids is 1. The molecule has 0 spiro atoms. The monoisotopic (exact) mass is 169 g/mol. The standard InChI is InChI=1S/C7H7NO4/c1-12-5-4(7(10)11)2-3-8-6(5)9/h2-3H,1H3,(H,8,9)(H,10,11). The van der Waals surface area contributed by atoms with Crippen LogP contribution in [0.2, 0.25) is 0 Å². The smallest absolute Gasteiger partial charge is 0.339 e. The molecule has 0 unspecified atom stereocenters. The molecular formula is C7H7NO4. The van der Waals surface area contributed by atoms with Crippen molar-refractivity contribution in [1.82, 2.24) is 4.98 Å². The van der Waals surface area contributed by atoms with Crippen LogP contribution >= 0.6 is 0 Å². The van der Waals surface area contributed by atoms with Gasteiger partial charge in [0, 0.05) is 6.20 Å². The molecule has 1 heterocycles. The lowest BCUT2D eigenvalue weighted by atomic mass is 10.2. The minimum absolute atomic E-state index is 0.138. The van der Waals surface area contributed by atoms with Gasteiger partial charge in [-0.3, -0.25) is 4.79 Å². The van der Waals surface area contributed by atoms with Crippen molar-refractivity contribution >= 4 is 5.97 Å². The maximum absolute atomic E-state index is 10.9. The molecule has 5 nitrogen and oxygen atoms in total. The van der Waals surface area contributed by atoms with Gasteiger partial charge in [-0.2, -0.15) is 0 Å². The molecular weight excluding hydrogens is 162 g/mol. The Balaban J connectivity index is 3.38. The fourth-order valence-electron chi connectivity index (χ4n) is 0.835. The van der Waals surface area contributed by atoms with Crippen molar-refractivity contribution in [3.8, 4) is 5.75 Å². The van der Waals surface area contributed by atoms with E-state index in [9.17, 15) is 9.59 Å². The summed E-state index contributed by atoms with van der Waals surface area (Å²) in [7, 11) is 1.25. The van der Waals surface area contributed by atoms with E-state index >= 15 is 0 Å². The molecule has 0 amide bonds. The Bertz CT molecular complexity index is 355. The molecule has 0 aromatic carbocycles. The van der Waals surface area contributed by atoms with Crippen LogP contribution in [0, 0.1) is 0 Å². The number of carboxylic acid groups (broad SMARTS) is 1. The fraction of sp³-hybridized carbons (Fsp3) is 0.143. The second-order valence-corrected chi connectivity index (χ2v) is 2.06. The summed E-state index contributed by atoms with van der Waals surface area (Å²) in [6.07, 6.45) is 1.26. The second-order valence-electron chi connectivity index (χ2n) is 2.06. The van der Waals surface area contributed by atoms with Crippen molar-refractivity contribution in [2.75, 3.05) is 7.11 Å². The number of hydrogen-bond acceptors (Lipinski definition) is 3. The number of hydrogen-bond donors (Lipinski definition) is 2. The van der Waals surface area contributed by atoms with Crippen molar-refractivity contribution in [2.45, 2.75) is 0 Å². The van der Waals surface area contributed by atoms with Gasteiger partial charge in [0.15, 0.2) is 5.75 Å². The van der Waals surface area contributed by atoms with Gasteiger partial charge in [-0.1, -0.05) is 0 Å². The molecule has 0 aliphatic rings. The number of aromatic nitrogens is 1.